The molecular formula is C12H13FN4. The van der Waals surface area contributed by atoms with E-state index in [9.17, 15) is 4.39 Å². The molecule has 0 amide bonds. The van der Waals surface area contributed by atoms with Gasteiger partial charge in [0.05, 0.1) is 0 Å². The van der Waals surface area contributed by atoms with E-state index in [0.717, 1.165) is 11.4 Å². The third-order valence-electron chi connectivity index (χ3n) is 2.35. The van der Waals surface area contributed by atoms with Crippen molar-refractivity contribution in [1.82, 2.24) is 4.98 Å². The molecule has 88 valence electrons. The summed E-state index contributed by atoms with van der Waals surface area (Å²) in [5.41, 5.74) is 4.71. The quantitative estimate of drug-likeness (QED) is 0.562. The molecule has 0 saturated heterocycles. The zero-order valence-corrected chi connectivity index (χ0v) is 9.37. The van der Waals surface area contributed by atoms with Crippen LogP contribution in [0.2, 0.25) is 0 Å². The summed E-state index contributed by atoms with van der Waals surface area (Å²) in [6.45, 7) is 1.72. The van der Waals surface area contributed by atoms with E-state index < -0.39 is 0 Å². The van der Waals surface area contributed by atoms with Gasteiger partial charge in [0.25, 0.3) is 0 Å². The molecule has 0 bridgehead atoms. The van der Waals surface area contributed by atoms with Crippen LogP contribution in [-0.4, -0.2) is 4.98 Å². The average Bonchev–Trinajstić information content (AvgIpc) is 2.34. The Morgan fingerprint density at radius 3 is 2.65 bits per heavy atom. The lowest BCUT2D eigenvalue weighted by atomic mass is 10.2. The van der Waals surface area contributed by atoms with Crippen molar-refractivity contribution in [2.45, 2.75) is 6.92 Å². The van der Waals surface area contributed by atoms with Crippen molar-refractivity contribution in [2.24, 2.45) is 5.84 Å². The second-order valence-electron chi connectivity index (χ2n) is 3.66. The fraction of sp³-hybridized carbons (Fsp3) is 0.0833. The van der Waals surface area contributed by atoms with Gasteiger partial charge in [0.15, 0.2) is 0 Å². The summed E-state index contributed by atoms with van der Waals surface area (Å²) in [4.78, 5) is 4.00. The lowest BCUT2D eigenvalue weighted by Gasteiger charge is -2.08. The summed E-state index contributed by atoms with van der Waals surface area (Å²) in [5, 5.41) is 3.14. The zero-order chi connectivity index (χ0) is 12.3. The predicted octanol–water partition coefficient (Wildman–Crippen LogP) is 2.56. The van der Waals surface area contributed by atoms with E-state index in [1.54, 1.807) is 37.4 Å². The molecule has 4 N–H and O–H groups in total. The largest absolute Gasteiger partial charge is 0.355 e. The molecule has 0 aliphatic heterocycles. The Hall–Kier alpha value is -2.14. The van der Waals surface area contributed by atoms with Crippen LogP contribution >= 0.6 is 0 Å². The van der Waals surface area contributed by atoms with Gasteiger partial charge in [-0.3, -0.25) is 0 Å². The number of aromatic nitrogens is 1. The third kappa shape index (κ3) is 2.70. The zero-order valence-electron chi connectivity index (χ0n) is 9.37. The van der Waals surface area contributed by atoms with Gasteiger partial charge in [0, 0.05) is 23.6 Å². The maximum atomic E-state index is 13.1. The molecule has 2 rings (SSSR count). The lowest BCUT2D eigenvalue weighted by Crippen LogP contribution is -2.08. The first-order chi connectivity index (χ1) is 8.19. The highest BCUT2D eigenvalue weighted by Gasteiger charge is 2.00. The monoisotopic (exact) mass is 232 g/mol. The van der Waals surface area contributed by atoms with Crippen molar-refractivity contribution >= 4 is 17.2 Å². The number of aryl methyl sites for hydroxylation is 1. The number of pyridine rings is 1. The normalized spacial score (nSPS) is 10.1. The summed E-state index contributed by atoms with van der Waals surface area (Å²) in [7, 11) is 0. The number of benzene rings is 1. The van der Waals surface area contributed by atoms with Crippen molar-refractivity contribution in [1.29, 1.82) is 0 Å². The van der Waals surface area contributed by atoms with Crippen LogP contribution in [0.3, 0.4) is 0 Å². The number of nitrogens with two attached hydrogens (primary N) is 1. The number of nitrogens with one attached hydrogen (secondary N) is 2. The summed E-state index contributed by atoms with van der Waals surface area (Å²) in [6.07, 6.45) is 1.63. The molecular weight excluding hydrogens is 219 g/mol. The molecule has 4 nitrogen and oxygen atoms in total. The highest BCUT2D eigenvalue weighted by molar-refractivity contribution is 5.62. The summed E-state index contributed by atoms with van der Waals surface area (Å²) in [5.74, 6) is 5.62. The van der Waals surface area contributed by atoms with Gasteiger partial charge in [-0.25, -0.2) is 15.2 Å². The molecule has 1 heterocycles. The Bertz CT molecular complexity index is 528. The molecule has 5 heteroatoms. The van der Waals surface area contributed by atoms with Gasteiger partial charge in [-0.1, -0.05) is 0 Å². The number of nitrogen functional groups attached to an aromatic ring is 1. The van der Waals surface area contributed by atoms with E-state index in [4.69, 9.17) is 5.84 Å². The van der Waals surface area contributed by atoms with Crippen molar-refractivity contribution in [2.75, 3.05) is 10.7 Å². The van der Waals surface area contributed by atoms with Gasteiger partial charge in [-0.15, -0.1) is 0 Å². The van der Waals surface area contributed by atoms with E-state index >= 15 is 0 Å². The van der Waals surface area contributed by atoms with Gasteiger partial charge in [0.2, 0.25) is 0 Å². The van der Waals surface area contributed by atoms with Crippen LogP contribution in [0.5, 0.6) is 0 Å². The number of hydrazine groups is 1. The van der Waals surface area contributed by atoms with Crippen LogP contribution < -0.4 is 16.6 Å². The predicted molar refractivity (Wildman–Crippen MR) is 66.5 cm³/mol. The number of nitrogens with zero attached hydrogens (tertiary/aromatic N) is 1. The van der Waals surface area contributed by atoms with E-state index in [-0.39, 0.29) is 5.82 Å². The molecule has 0 saturated carbocycles. The first-order valence-corrected chi connectivity index (χ1v) is 5.15. The number of halogens is 1. The molecule has 0 radical (unpaired) electrons. The number of rotatable bonds is 3. The molecule has 1 aromatic carbocycles. The third-order valence-corrected chi connectivity index (χ3v) is 2.35. The Morgan fingerprint density at radius 1 is 1.18 bits per heavy atom. The molecule has 2 aromatic rings. The van der Waals surface area contributed by atoms with Gasteiger partial charge in [-0.2, -0.15) is 0 Å². The van der Waals surface area contributed by atoms with Crippen molar-refractivity contribution in [3.8, 4) is 0 Å². The van der Waals surface area contributed by atoms with Gasteiger partial charge < -0.3 is 10.7 Å². The number of anilines is 3. The minimum Gasteiger partial charge on any atom is -0.355 e. The molecule has 0 fully saturated rings. The molecule has 1 aromatic heterocycles. The van der Waals surface area contributed by atoms with Crippen molar-refractivity contribution in [3.05, 3.63) is 47.9 Å². The Labute approximate surface area is 98.6 Å². The van der Waals surface area contributed by atoms with Crippen LogP contribution in [0.25, 0.3) is 0 Å². The van der Waals surface area contributed by atoms with Crippen LogP contribution in [-0.2, 0) is 0 Å². The fourth-order valence-corrected chi connectivity index (χ4v) is 1.48. The van der Waals surface area contributed by atoms with Crippen LogP contribution in [0.15, 0.2) is 36.5 Å². The van der Waals surface area contributed by atoms with Crippen LogP contribution in [0.1, 0.15) is 5.56 Å². The number of hydrogen-bond donors (Lipinski definition) is 3. The summed E-state index contributed by atoms with van der Waals surface area (Å²) >= 11 is 0. The Balaban J connectivity index is 2.22. The molecule has 0 unspecified atom stereocenters. The first-order valence-electron chi connectivity index (χ1n) is 5.15. The summed E-state index contributed by atoms with van der Waals surface area (Å²) in [6, 6.07) is 8.42. The maximum Gasteiger partial charge on any atom is 0.141 e. The van der Waals surface area contributed by atoms with E-state index in [0.29, 0.717) is 11.4 Å². The topological polar surface area (TPSA) is 63.0 Å². The summed E-state index contributed by atoms with van der Waals surface area (Å²) < 4.78 is 13.1. The van der Waals surface area contributed by atoms with E-state index in [1.807, 2.05) is 0 Å². The molecule has 0 aliphatic rings. The van der Waals surface area contributed by atoms with Crippen LogP contribution in [0.4, 0.5) is 21.6 Å². The molecule has 17 heavy (non-hydrogen) atoms. The average molecular weight is 232 g/mol. The fourth-order valence-electron chi connectivity index (χ4n) is 1.48. The van der Waals surface area contributed by atoms with Crippen molar-refractivity contribution in [3.63, 3.8) is 0 Å². The van der Waals surface area contributed by atoms with Crippen molar-refractivity contribution < 1.29 is 4.39 Å². The molecule has 0 atom stereocenters. The minimum absolute atomic E-state index is 0.213. The van der Waals surface area contributed by atoms with E-state index in [2.05, 4.69) is 15.7 Å². The highest BCUT2D eigenvalue weighted by atomic mass is 19.1. The van der Waals surface area contributed by atoms with Gasteiger partial charge >= 0.3 is 0 Å². The van der Waals surface area contributed by atoms with E-state index in [1.165, 1.54) is 6.07 Å². The molecule has 0 aliphatic carbocycles. The maximum absolute atomic E-state index is 13.1. The first kappa shape index (κ1) is 11.3. The van der Waals surface area contributed by atoms with Crippen LogP contribution in [0, 0.1) is 12.7 Å². The Kier molecular flexibility index (Phi) is 3.20. The Morgan fingerprint density at radius 2 is 1.94 bits per heavy atom. The molecule has 0 spiro atoms. The lowest BCUT2D eigenvalue weighted by molar-refractivity contribution is 0.619. The highest BCUT2D eigenvalue weighted by Crippen LogP contribution is 2.20. The smallest absolute Gasteiger partial charge is 0.141 e. The second-order valence-corrected chi connectivity index (χ2v) is 3.66. The second kappa shape index (κ2) is 4.80. The number of hydrogen-bond acceptors (Lipinski definition) is 4. The van der Waals surface area contributed by atoms with Gasteiger partial charge in [0.1, 0.15) is 11.6 Å². The standard InChI is InChI=1S/C12H13FN4/c1-8-6-9(2-3-11(8)13)16-10-4-5-15-12(7-10)17-14/h2-7H,14H2,1H3,(H2,15,16,17). The minimum atomic E-state index is -0.213. The SMILES string of the molecule is Cc1cc(Nc2ccnc(NN)c2)ccc1F. The van der Waals surface area contributed by atoms with Gasteiger partial charge in [-0.05, 0) is 36.8 Å².